The van der Waals surface area contributed by atoms with Gasteiger partial charge >= 0.3 is 0 Å². The zero-order valence-corrected chi connectivity index (χ0v) is 12.0. The van der Waals surface area contributed by atoms with Gasteiger partial charge in [0.25, 0.3) is 5.91 Å². The molecule has 3 heterocycles. The Morgan fingerprint density at radius 2 is 2.35 bits per heavy atom. The maximum Gasteiger partial charge on any atom is 0.271 e. The van der Waals surface area contributed by atoms with Gasteiger partial charge in [0.05, 0.1) is 11.1 Å². The Balaban J connectivity index is 1.89. The molecule has 1 aliphatic rings. The summed E-state index contributed by atoms with van der Waals surface area (Å²) in [5.74, 6) is 0.0331. The molecule has 3 rings (SSSR count). The maximum atomic E-state index is 12.7. The number of carbonyl (C=O) groups is 1. The quantitative estimate of drug-likeness (QED) is 0.852. The van der Waals surface area contributed by atoms with E-state index in [1.165, 1.54) is 0 Å². The van der Waals surface area contributed by atoms with Crippen LogP contribution in [0.1, 0.15) is 34.9 Å². The number of aryl methyl sites for hydroxylation is 1. The Morgan fingerprint density at radius 1 is 1.50 bits per heavy atom. The summed E-state index contributed by atoms with van der Waals surface area (Å²) in [6.07, 6.45) is 7.35. The molecule has 104 valence electrons. The Bertz CT molecular complexity index is 623. The molecule has 0 N–H and O–H groups in total. The van der Waals surface area contributed by atoms with E-state index in [1.54, 1.807) is 23.0 Å². The maximum absolute atomic E-state index is 12.7. The summed E-state index contributed by atoms with van der Waals surface area (Å²) < 4.78 is 1.78. The van der Waals surface area contributed by atoms with Gasteiger partial charge in [0.2, 0.25) is 0 Å². The zero-order chi connectivity index (χ0) is 14.1. The third-order valence-electron chi connectivity index (χ3n) is 3.77. The standard InChI is InChI=1S/C15H16ClN3O/c1-18-10-12(16)8-14(18)15(20)19-7-3-5-13(19)11-4-2-6-17-9-11/h2,4,6,8-10,13H,3,5,7H2,1H3. The minimum absolute atomic E-state index is 0.0331. The van der Waals surface area contributed by atoms with Gasteiger partial charge in [-0.15, -0.1) is 0 Å². The summed E-state index contributed by atoms with van der Waals surface area (Å²) in [7, 11) is 1.84. The van der Waals surface area contributed by atoms with E-state index >= 15 is 0 Å². The lowest BCUT2D eigenvalue weighted by Crippen LogP contribution is -2.31. The van der Waals surface area contributed by atoms with Crippen molar-refractivity contribution in [3.05, 3.63) is 53.1 Å². The lowest BCUT2D eigenvalue weighted by atomic mass is 10.1. The van der Waals surface area contributed by atoms with E-state index in [9.17, 15) is 4.79 Å². The van der Waals surface area contributed by atoms with E-state index in [2.05, 4.69) is 4.98 Å². The van der Waals surface area contributed by atoms with Gasteiger partial charge in [0.15, 0.2) is 0 Å². The van der Waals surface area contributed by atoms with Gasteiger partial charge in [-0.2, -0.15) is 0 Å². The molecule has 1 amide bonds. The van der Waals surface area contributed by atoms with Crippen LogP contribution in [-0.4, -0.2) is 26.9 Å². The Labute approximate surface area is 123 Å². The fraction of sp³-hybridized carbons (Fsp3) is 0.333. The summed E-state index contributed by atoms with van der Waals surface area (Å²) >= 11 is 5.97. The first kappa shape index (κ1) is 13.2. The molecule has 1 fully saturated rings. The van der Waals surface area contributed by atoms with Gasteiger partial charge in [-0.05, 0) is 30.5 Å². The van der Waals surface area contributed by atoms with Crippen LogP contribution in [0.25, 0.3) is 0 Å². The third kappa shape index (κ3) is 2.31. The van der Waals surface area contributed by atoms with Gasteiger partial charge in [-0.3, -0.25) is 9.78 Å². The van der Waals surface area contributed by atoms with E-state index in [0.29, 0.717) is 10.7 Å². The van der Waals surface area contributed by atoms with Gasteiger partial charge in [-0.1, -0.05) is 17.7 Å². The van der Waals surface area contributed by atoms with Crippen LogP contribution in [0, 0.1) is 0 Å². The zero-order valence-electron chi connectivity index (χ0n) is 11.3. The lowest BCUT2D eigenvalue weighted by Gasteiger charge is -2.25. The number of nitrogens with zero attached hydrogens (tertiary/aromatic N) is 3. The molecule has 4 nitrogen and oxygen atoms in total. The highest BCUT2D eigenvalue weighted by Gasteiger charge is 2.31. The van der Waals surface area contributed by atoms with E-state index in [1.807, 2.05) is 30.3 Å². The molecule has 1 saturated heterocycles. The summed E-state index contributed by atoms with van der Waals surface area (Å²) in [5.41, 5.74) is 1.73. The van der Waals surface area contributed by atoms with Crippen LogP contribution in [0.5, 0.6) is 0 Å². The van der Waals surface area contributed by atoms with Crippen LogP contribution in [0.15, 0.2) is 36.8 Å². The summed E-state index contributed by atoms with van der Waals surface area (Å²) in [4.78, 5) is 18.8. The van der Waals surface area contributed by atoms with Crippen molar-refractivity contribution in [2.75, 3.05) is 6.54 Å². The largest absolute Gasteiger partial charge is 0.345 e. The average molecular weight is 290 g/mol. The Hall–Kier alpha value is -1.81. The number of carbonyl (C=O) groups excluding carboxylic acids is 1. The summed E-state index contributed by atoms with van der Waals surface area (Å²) in [5, 5.41) is 0.591. The normalized spacial score (nSPS) is 18.5. The highest BCUT2D eigenvalue weighted by atomic mass is 35.5. The van der Waals surface area contributed by atoms with Crippen molar-refractivity contribution in [3.63, 3.8) is 0 Å². The first-order valence-electron chi connectivity index (χ1n) is 6.69. The molecule has 0 bridgehead atoms. The minimum atomic E-state index is 0.0331. The number of hydrogen-bond acceptors (Lipinski definition) is 2. The average Bonchev–Trinajstić information content (AvgIpc) is 3.05. The summed E-state index contributed by atoms with van der Waals surface area (Å²) in [6, 6.07) is 5.78. The number of rotatable bonds is 2. The first-order chi connectivity index (χ1) is 9.66. The van der Waals surface area contributed by atoms with Gasteiger partial charge in [0, 0.05) is 32.2 Å². The molecule has 1 aliphatic heterocycles. The van der Waals surface area contributed by atoms with Crippen molar-refractivity contribution < 1.29 is 4.79 Å². The van der Waals surface area contributed by atoms with E-state index in [-0.39, 0.29) is 11.9 Å². The van der Waals surface area contributed by atoms with Gasteiger partial charge < -0.3 is 9.47 Å². The molecule has 20 heavy (non-hydrogen) atoms. The monoisotopic (exact) mass is 289 g/mol. The van der Waals surface area contributed by atoms with Crippen molar-refractivity contribution in [2.24, 2.45) is 7.05 Å². The molecule has 0 radical (unpaired) electrons. The second-order valence-corrected chi connectivity index (χ2v) is 5.53. The van der Waals surface area contributed by atoms with E-state index < -0.39 is 0 Å². The van der Waals surface area contributed by atoms with Crippen molar-refractivity contribution in [1.29, 1.82) is 0 Å². The van der Waals surface area contributed by atoms with Crippen molar-refractivity contribution in [2.45, 2.75) is 18.9 Å². The van der Waals surface area contributed by atoms with Crippen LogP contribution >= 0.6 is 11.6 Å². The summed E-state index contributed by atoms with van der Waals surface area (Å²) in [6.45, 7) is 0.779. The molecule has 0 aromatic carbocycles. The molecule has 0 saturated carbocycles. The number of pyridine rings is 1. The van der Waals surface area contributed by atoms with Crippen LogP contribution in [0.2, 0.25) is 5.02 Å². The van der Waals surface area contributed by atoms with Crippen LogP contribution < -0.4 is 0 Å². The molecule has 1 unspecified atom stereocenters. The number of amides is 1. The van der Waals surface area contributed by atoms with E-state index in [0.717, 1.165) is 24.9 Å². The molecule has 0 aliphatic carbocycles. The minimum Gasteiger partial charge on any atom is -0.345 e. The van der Waals surface area contributed by atoms with E-state index in [4.69, 9.17) is 11.6 Å². The molecule has 2 aromatic heterocycles. The molecule has 0 spiro atoms. The van der Waals surface area contributed by atoms with Crippen LogP contribution in [0.3, 0.4) is 0 Å². The van der Waals surface area contributed by atoms with Gasteiger partial charge in [-0.25, -0.2) is 0 Å². The molecule has 1 atom stereocenters. The SMILES string of the molecule is Cn1cc(Cl)cc1C(=O)N1CCCC1c1cccnc1. The highest BCUT2D eigenvalue weighted by Crippen LogP contribution is 2.33. The Kier molecular flexibility index (Phi) is 3.49. The van der Waals surface area contributed by atoms with Crippen LogP contribution in [-0.2, 0) is 7.05 Å². The lowest BCUT2D eigenvalue weighted by molar-refractivity contribution is 0.0726. The third-order valence-corrected chi connectivity index (χ3v) is 3.98. The number of hydrogen-bond donors (Lipinski definition) is 0. The predicted octanol–water partition coefficient (Wildman–Crippen LogP) is 3.05. The second-order valence-electron chi connectivity index (χ2n) is 5.10. The fourth-order valence-corrected chi connectivity index (χ4v) is 3.06. The fourth-order valence-electron chi connectivity index (χ4n) is 2.81. The highest BCUT2D eigenvalue weighted by molar-refractivity contribution is 6.31. The van der Waals surface area contributed by atoms with Crippen molar-refractivity contribution in [1.82, 2.24) is 14.5 Å². The molecular formula is C15H16ClN3O. The van der Waals surface area contributed by atoms with Crippen molar-refractivity contribution >= 4 is 17.5 Å². The first-order valence-corrected chi connectivity index (χ1v) is 7.07. The van der Waals surface area contributed by atoms with Crippen LogP contribution in [0.4, 0.5) is 0 Å². The smallest absolute Gasteiger partial charge is 0.271 e. The number of halogens is 1. The predicted molar refractivity (Wildman–Crippen MR) is 77.7 cm³/mol. The molecular weight excluding hydrogens is 274 g/mol. The second kappa shape index (κ2) is 5.29. The topological polar surface area (TPSA) is 38.1 Å². The number of aromatic nitrogens is 2. The Morgan fingerprint density at radius 3 is 3.00 bits per heavy atom. The van der Waals surface area contributed by atoms with Gasteiger partial charge in [0.1, 0.15) is 5.69 Å². The molecule has 2 aromatic rings. The van der Waals surface area contributed by atoms with Crippen molar-refractivity contribution in [3.8, 4) is 0 Å². The molecule has 5 heteroatoms. The number of likely N-dealkylation sites (tertiary alicyclic amines) is 1.